The molecule has 2 heterocycles. The highest BCUT2D eigenvalue weighted by molar-refractivity contribution is 9.10. The van der Waals surface area contributed by atoms with Crippen LogP contribution in [0.5, 0.6) is 0 Å². The lowest BCUT2D eigenvalue weighted by Crippen LogP contribution is -2.36. The van der Waals surface area contributed by atoms with Gasteiger partial charge in [-0.1, -0.05) is 18.2 Å². The standard InChI is InChI=1S/C21H21BrFN3O/c22-17-3-1-2-16-19(6-9-24-21(16)17)25-13-14-4-5-20(18(23)12-14)26-10-7-15(27)8-11-26/h1-6,9,12,15,27H,7-8,10-11,13H2,(H,24,25). The zero-order valence-corrected chi connectivity index (χ0v) is 16.4. The van der Waals surface area contributed by atoms with E-state index in [1.54, 1.807) is 12.3 Å². The van der Waals surface area contributed by atoms with Crippen molar-refractivity contribution >= 4 is 38.2 Å². The lowest BCUT2D eigenvalue weighted by molar-refractivity contribution is 0.145. The van der Waals surface area contributed by atoms with Crippen LogP contribution in [0.25, 0.3) is 10.9 Å². The van der Waals surface area contributed by atoms with Crippen molar-refractivity contribution in [2.75, 3.05) is 23.3 Å². The van der Waals surface area contributed by atoms with Crippen molar-refractivity contribution in [3.63, 3.8) is 0 Å². The lowest BCUT2D eigenvalue weighted by Gasteiger charge is -2.31. The molecule has 27 heavy (non-hydrogen) atoms. The summed E-state index contributed by atoms with van der Waals surface area (Å²) in [6.07, 6.45) is 2.88. The van der Waals surface area contributed by atoms with E-state index in [1.165, 1.54) is 0 Å². The molecule has 2 N–H and O–H groups in total. The normalized spacial score (nSPS) is 15.3. The molecule has 1 fully saturated rings. The molecule has 0 amide bonds. The van der Waals surface area contributed by atoms with Crippen LogP contribution >= 0.6 is 15.9 Å². The maximum absolute atomic E-state index is 14.6. The Morgan fingerprint density at radius 2 is 2.00 bits per heavy atom. The largest absolute Gasteiger partial charge is 0.393 e. The highest BCUT2D eigenvalue weighted by Crippen LogP contribution is 2.28. The monoisotopic (exact) mass is 429 g/mol. The van der Waals surface area contributed by atoms with Crippen LogP contribution in [-0.2, 0) is 6.54 Å². The molecule has 6 heteroatoms. The maximum atomic E-state index is 14.6. The summed E-state index contributed by atoms with van der Waals surface area (Å²) in [5, 5.41) is 14.0. The van der Waals surface area contributed by atoms with Gasteiger partial charge in [-0.3, -0.25) is 4.98 Å². The Bertz CT molecular complexity index is 957. The molecule has 0 saturated carbocycles. The van der Waals surface area contributed by atoms with Crippen molar-refractivity contribution in [1.29, 1.82) is 0 Å². The number of aliphatic hydroxyl groups excluding tert-OH is 1. The van der Waals surface area contributed by atoms with Crippen LogP contribution in [0.15, 0.2) is 53.1 Å². The van der Waals surface area contributed by atoms with E-state index in [2.05, 4.69) is 26.2 Å². The van der Waals surface area contributed by atoms with Gasteiger partial charge < -0.3 is 15.3 Å². The topological polar surface area (TPSA) is 48.4 Å². The molecular formula is C21H21BrFN3O. The molecule has 0 radical (unpaired) electrons. The third-order valence-corrected chi connectivity index (χ3v) is 5.66. The Balaban J connectivity index is 1.49. The highest BCUT2D eigenvalue weighted by Gasteiger charge is 2.19. The number of aromatic nitrogens is 1. The molecule has 0 atom stereocenters. The molecule has 2 aromatic carbocycles. The summed E-state index contributed by atoms with van der Waals surface area (Å²) in [6.45, 7) is 1.91. The van der Waals surface area contributed by atoms with Gasteiger partial charge in [-0.2, -0.15) is 0 Å². The van der Waals surface area contributed by atoms with Crippen molar-refractivity contribution in [2.24, 2.45) is 0 Å². The molecule has 1 aliphatic rings. The summed E-state index contributed by atoms with van der Waals surface area (Å²) in [5.41, 5.74) is 3.37. The summed E-state index contributed by atoms with van der Waals surface area (Å²) >= 11 is 3.53. The Kier molecular flexibility index (Phi) is 5.27. The second-order valence-electron chi connectivity index (χ2n) is 6.85. The number of rotatable bonds is 4. The molecule has 0 aliphatic carbocycles. The van der Waals surface area contributed by atoms with Crippen molar-refractivity contribution in [3.05, 3.63) is 64.5 Å². The maximum Gasteiger partial charge on any atom is 0.146 e. The molecule has 140 valence electrons. The number of piperidine rings is 1. The van der Waals surface area contributed by atoms with Gasteiger partial charge in [0.25, 0.3) is 0 Å². The zero-order valence-electron chi connectivity index (χ0n) is 14.8. The number of para-hydroxylation sites is 1. The highest BCUT2D eigenvalue weighted by atomic mass is 79.9. The van der Waals surface area contributed by atoms with Gasteiger partial charge in [-0.15, -0.1) is 0 Å². The molecule has 4 nitrogen and oxygen atoms in total. The van der Waals surface area contributed by atoms with E-state index in [0.717, 1.165) is 26.6 Å². The number of hydrogen-bond acceptors (Lipinski definition) is 4. The minimum atomic E-state index is -0.261. The van der Waals surface area contributed by atoms with Gasteiger partial charge in [0, 0.05) is 41.4 Å². The Morgan fingerprint density at radius 3 is 2.78 bits per heavy atom. The fraction of sp³-hybridized carbons (Fsp3) is 0.286. The van der Waals surface area contributed by atoms with Gasteiger partial charge in [-0.25, -0.2) is 4.39 Å². The average Bonchev–Trinajstić information content (AvgIpc) is 2.68. The number of anilines is 2. The number of halogens is 2. The van der Waals surface area contributed by atoms with Gasteiger partial charge in [0.2, 0.25) is 0 Å². The summed E-state index contributed by atoms with van der Waals surface area (Å²) < 4.78 is 15.6. The van der Waals surface area contributed by atoms with E-state index in [4.69, 9.17) is 0 Å². The molecule has 1 aliphatic heterocycles. The van der Waals surface area contributed by atoms with Crippen LogP contribution in [0.3, 0.4) is 0 Å². The van der Waals surface area contributed by atoms with E-state index in [1.807, 2.05) is 41.3 Å². The molecule has 4 rings (SSSR count). The number of aliphatic hydroxyl groups is 1. The summed E-state index contributed by atoms with van der Waals surface area (Å²) in [7, 11) is 0. The van der Waals surface area contributed by atoms with Crippen LogP contribution in [0.1, 0.15) is 18.4 Å². The number of benzene rings is 2. The van der Waals surface area contributed by atoms with E-state index < -0.39 is 0 Å². The van der Waals surface area contributed by atoms with Gasteiger partial charge in [-0.05, 0) is 58.6 Å². The third kappa shape index (κ3) is 3.92. The van der Waals surface area contributed by atoms with Crippen LogP contribution in [0.2, 0.25) is 0 Å². The molecule has 1 aromatic heterocycles. The first-order valence-corrected chi connectivity index (χ1v) is 9.89. The van der Waals surface area contributed by atoms with Gasteiger partial charge in [0.15, 0.2) is 0 Å². The number of pyridine rings is 1. The Labute approximate surface area is 166 Å². The summed E-state index contributed by atoms with van der Waals surface area (Å²) in [6, 6.07) is 13.3. The predicted molar refractivity (Wildman–Crippen MR) is 111 cm³/mol. The van der Waals surface area contributed by atoms with E-state index in [0.29, 0.717) is 38.2 Å². The molecule has 0 spiro atoms. The smallest absolute Gasteiger partial charge is 0.146 e. The van der Waals surface area contributed by atoms with E-state index >= 15 is 0 Å². The first-order chi connectivity index (χ1) is 13.1. The first-order valence-electron chi connectivity index (χ1n) is 9.10. The average molecular weight is 430 g/mol. The number of fused-ring (bicyclic) bond motifs is 1. The van der Waals surface area contributed by atoms with Gasteiger partial charge >= 0.3 is 0 Å². The second kappa shape index (κ2) is 7.82. The molecule has 3 aromatic rings. The zero-order chi connectivity index (χ0) is 18.8. The lowest BCUT2D eigenvalue weighted by atomic mass is 10.1. The summed E-state index contributed by atoms with van der Waals surface area (Å²) in [4.78, 5) is 6.42. The SMILES string of the molecule is OC1CCN(c2ccc(CNc3ccnc4c(Br)cccc34)cc2F)CC1. The van der Waals surface area contributed by atoms with Gasteiger partial charge in [0.05, 0.1) is 17.3 Å². The Hall–Kier alpha value is -2.18. The second-order valence-corrected chi connectivity index (χ2v) is 7.71. The third-order valence-electron chi connectivity index (χ3n) is 5.02. The fourth-order valence-electron chi connectivity index (χ4n) is 3.52. The first kappa shape index (κ1) is 18.2. The molecule has 0 unspecified atom stereocenters. The molecule has 1 saturated heterocycles. The number of nitrogens with one attached hydrogen (secondary N) is 1. The minimum absolute atomic E-state index is 0.215. The van der Waals surface area contributed by atoms with Crippen LogP contribution in [-0.4, -0.2) is 29.3 Å². The predicted octanol–water partition coefficient (Wildman–Crippen LogP) is 4.71. The van der Waals surface area contributed by atoms with Crippen molar-refractivity contribution < 1.29 is 9.50 Å². The molecular weight excluding hydrogens is 409 g/mol. The van der Waals surface area contributed by atoms with E-state index in [-0.39, 0.29) is 11.9 Å². The number of hydrogen-bond donors (Lipinski definition) is 2. The fourth-order valence-corrected chi connectivity index (χ4v) is 3.98. The minimum Gasteiger partial charge on any atom is -0.393 e. The van der Waals surface area contributed by atoms with Crippen LogP contribution < -0.4 is 10.2 Å². The van der Waals surface area contributed by atoms with Crippen LogP contribution in [0.4, 0.5) is 15.8 Å². The quantitative estimate of drug-likeness (QED) is 0.630. The summed E-state index contributed by atoms with van der Waals surface area (Å²) in [5.74, 6) is -0.215. The van der Waals surface area contributed by atoms with Gasteiger partial charge in [0.1, 0.15) is 5.82 Å². The van der Waals surface area contributed by atoms with Crippen molar-refractivity contribution in [3.8, 4) is 0 Å². The van der Waals surface area contributed by atoms with E-state index in [9.17, 15) is 9.50 Å². The Morgan fingerprint density at radius 1 is 1.19 bits per heavy atom. The van der Waals surface area contributed by atoms with Crippen molar-refractivity contribution in [2.45, 2.75) is 25.5 Å². The van der Waals surface area contributed by atoms with Crippen LogP contribution in [0, 0.1) is 5.82 Å². The molecule has 0 bridgehead atoms. The number of nitrogens with zero attached hydrogens (tertiary/aromatic N) is 2. The van der Waals surface area contributed by atoms with Crippen molar-refractivity contribution in [1.82, 2.24) is 4.98 Å².